The number of carbonyl (C=O) groups is 4. The van der Waals surface area contributed by atoms with Crippen molar-refractivity contribution >= 4 is 34.3 Å². The van der Waals surface area contributed by atoms with Crippen LogP contribution in [0.3, 0.4) is 0 Å². The molecule has 0 aromatic heterocycles. The van der Waals surface area contributed by atoms with Gasteiger partial charge in [0.25, 0.3) is 0 Å². The van der Waals surface area contributed by atoms with Gasteiger partial charge in [-0.2, -0.15) is 0 Å². The van der Waals surface area contributed by atoms with E-state index in [0.717, 1.165) is 6.26 Å². The molecule has 0 amide bonds. The Hall–Kier alpha value is -4.48. The summed E-state index contributed by atoms with van der Waals surface area (Å²) in [6.45, 7) is 22.6. The van der Waals surface area contributed by atoms with Gasteiger partial charge in [0.15, 0.2) is 42.8 Å². The molecule has 25 atom stereocenters. The molecule has 5 aliphatic heterocycles. The van der Waals surface area contributed by atoms with Crippen LogP contribution >= 0.6 is 0 Å². The van der Waals surface area contributed by atoms with Gasteiger partial charge in [-0.25, -0.2) is 0 Å². The van der Waals surface area contributed by atoms with E-state index in [1.807, 2.05) is 41.5 Å². The third-order valence-electron chi connectivity index (χ3n) is 19.0. The van der Waals surface area contributed by atoms with Gasteiger partial charge in [0.1, 0.15) is 47.8 Å². The first-order valence-electron chi connectivity index (χ1n) is 30.6. The highest BCUT2D eigenvalue weighted by molar-refractivity contribution is 6.11. The molecule has 7 N–H and O–H groups in total. The topological polar surface area (TPSA) is 330 Å². The van der Waals surface area contributed by atoms with E-state index in [1.165, 1.54) is 14.0 Å². The molecular weight excluding hydrogens is 1140 g/mol. The van der Waals surface area contributed by atoms with Gasteiger partial charge >= 0.3 is 11.9 Å². The smallest absolute Gasteiger partial charge is 0.310 e. The number of methoxy groups -OCH3 is 1. The highest BCUT2D eigenvalue weighted by atomic mass is 16.7. The van der Waals surface area contributed by atoms with Gasteiger partial charge in [0.2, 0.25) is 6.29 Å². The number of esters is 2. The Balaban J connectivity index is 1.06. The van der Waals surface area contributed by atoms with Crippen molar-refractivity contribution in [3.63, 3.8) is 0 Å². The number of aromatic hydroxyl groups is 2. The Morgan fingerprint density at radius 1 is 0.724 bits per heavy atom. The number of phenolic OH excluding ortho intramolecular Hbond substituents is 2. The van der Waals surface area contributed by atoms with Crippen LogP contribution in [0.4, 0.5) is 0 Å². The lowest BCUT2D eigenvalue weighted by molar-refractivity contribution is -0.331. The van der Waals surface area contributed by atoms with Crippen LogP contribution in [-0.4, -0.2) is 195 Å². The molecule has 0 spiro atoms. The number of rotatable bonds is 22. The zero-order valence-electron chi connectivity index (χ0n) is 51.9. The number of aliphatic hydroxyl groups is 5. The van der Waals surface area contributed by atoms with Crippen molar-refractivity contribution in [2.75, 3.05) is 7.11 Å². The van der Waals surface area contributed by atoms with E-state index in [-0.39, 0.29) is 127 Å². The zero-order valence-corrected chi connectivity index (χ0v) is 51.9. The second kappa shape index (κ2) is 28.8. The van der Waals surface area contributed by atoms with Crippen LogP contribution in [0.25, 0.3) is 10.8 Å². The molecule has 24 nitrogen and oxygen atoms in total. The maximum absolute atomic E-state index is 15.4. The fourth-order valence-electron chi connectivity index (χ4n) is 12.7. The van der Waals surface area contributed by atoms with Crippen LogP contribution in [-0.2, 0) is 77.6 Å². The van der Waals surface area contributed by atoms with Gasteiger partial charge in [-0.1, -0.05) is 27.4 Å². The molecule has 5 heterocycles. The largest absolute Gasteiger partial charge is 0.507 e. The van der Waals surface area contributed by atoms with Gasteiger partial charge < -0.3 is 97.3 Å². The summed E-state index contributed by atoms with van der Waals surface area (Å²) in [7, 11) is 1.20. The van der Waals surface area contributed by atoms with Crippen LogP contribution in [0.2, 0.25) is 0 Å². The summed E-state index contributed by atoms with van der Waals surface area (Å²) in [5, 5.41) is 80.7. The Morgan fingerprint density at radius 2 is 1.26 bits per heavy atom. The lowest BCUT2D eigenvalue weighted by atomic mass is 9.75. The van der Waals surface area contributed by atoms with Gasteiger partial charge in [-0.3, -0.25) is 19.2 Å². The molecular formula is C63H92O24. The molecule has 24 heteroatoms. The number of ether oxygens (including phenoxy) is 13. The molecule has 8 rings (SSSR count). The van der Waals surface area contributed by atoms with Crippen molar-refractivity contribution in [1.29, 1.82) is 0 Å². The monoisotopic (exact) mass is 1230 g/mol. The van der Waals surface area contributed by atoms with Gasteiger partial charge in [-0.05, 0) is 97.7 Å². The van der Waals surface area contributed by atoms with E-state index in [9.17, 15) is 50.1 Å². The number of aliphatic hydroxyl groups excluding tert-OH is 4. The minimum absolute atomic E-state index is 0.0152. The number of unbranched alkanes of at least 4 members (excludes halogenated alkanes) is 1. The molecule has 87 heavy (non-hydrogen) atoms. The maximum atomic E-state index is 15.4. The number of phenols is 2. The fraction of sp³-hybridized carbons (Fsp3) is 0.746. The predicted octanol–water partition coefficient (Wildman–Crippen LogP) is 5.37. The fourth-order valence-corrected chi connectivity index (χ4v) is 12.7. The Bertz CT molecular complexity index is 2720. The maximum Gasteiger partial charge on any atom is 0.310 e. The lowest BCUT2D eigenvalue weighted by Crippen LogP contribution is -2.57. The summed E-state index contributed by atoms with van der Waals surface area (Å²) < 4.78 is 79.1. The summed E-state index contributed by atoms with van der Waals surface area (Å²) in [5.74, 6) is -5.58. The molecule has 2 aromatic carbocycles. The number of ketones is 2. The molecule has 1 aliphatic carbocycles. The second-order valence-electron chi connectivity index (χ2n) is 25.1. The molecule has 2 aromatic rings. The Morgan fingerprint density at radius 3 is 1.87 bits per heavy atom. The molecule has 5 saturated heterocycles. The summed E-state index contributed by atoms with van der Waals surface area (Å²) >= 11 is 0. The van der Waals surface area contributed by atoms with Crippen molar-refractivity contribution in [3.05, 3.63) is 41.7 Å². The molecule has 0 bridgehead atoms. The van der Waals surface area contributed by atoms with Crippen LogP contribution in [0.1, 0.15) is 149 Å². The van der Waals surface area contributed by atoms with Gasteiger partial charge in [-0.15, -0.1) is 0 Å². The highest BCUT2D eigenvalue weighted by Gasteiger charge is 2.51. The predicted molar refractivity (Wildman–Crippen MR) is 307 cm³/mol. The van der Waals surface area contributed by atoms with Crippen LogP contribution in [0, 0.1) is 30.6 Å². The number of Topliss-reactive ketones (excluding diaryl/α,β-unsaturated/α-hetero) is 2. The third kappa shape index (κ3) is 15.5. The highest BCUT2D eigenvalue weighted by Crippen LogP contribution is 2.48. The van der Waals surface area contributed by atoms with E-state index in [0.29, 0.717) is 6.42 Å². The third-order valence-corrected chi connectivity index (χ3v) is 19.0. The number of fused-ring (bicyclic) bond motifs is 2. The lowest BCUT2D eigenvalue weighted by Gasteiger charge is -2.46. The summed E-state index contributed by atoms with van der Waals surface area (Å²) in [6.07, 6.45) is -18.1. The average Bonchev–Trinajstić information content (AvgIpc) is 1.12. The molecule has 6 aliphatic rings. The Kier molecular flexibility index (Phi) is 22.6. The summed E-state index contributed by atoms with van der Waals surface area (Å²) in [4.78, 5) is 54.7. The number of benzene rings is 2. The zero-order chi connectivity index (χ0) is 63.7. The van der Waals surface area contributed by atoms with Gasteiger partial charge in [0.05, 0.1) is 77.7 Å². The van der Waals surface area contributed by atoms with Crippen LogP contribution < -0.4 is 4.74 Å². The Labute approximate surface area is 507 Å². The minimum atomic E-state index is -2.00. The van der Waals surface area contributed by atoms with Crippen molar-refractivity contribution in [2.45, 2.75) is 269 Å². The number of hydrogen-bond donors (Lipinski definition) is 7. The molecule has 488 valence electrons. The average molecular weight is 1230 g/mol. The first kappa shape index (κ1) is 68.4. The SMILES string of the molecule is C=COC(=O)CCCCC(=O)O[C@H](C)[C@H](O)C(=O)[C@@H](OC)[C@@H]1Cc2cc3cc(O[C@H]4C[C@@H](OC5C[C@@H](O)[C@@H](C)C(C)O5)[C@@H](C)C(C)O4)c(C)c(O)c3c(O)c2C(=O)[C@H]1O[C@H]1C[C@@H](O[C@H]2C[C@@H](O[C@H]3C[C@@](C)(O)[C@@H](C)C(C)O3)[C@H](O)C(C)O2)[C@H](O)C(C)O1. The first-order valence-corrected chi connectivity index (χ1v) is 30.6. The van der Waals surface area contributed by atoms with E-state index in [4.69, 9.17) is 61.6 Å². The van der Waals surface area contributed by atoms with E-state index >= 15 is 4.79 Å². The van der Waals surface area contributed by atoms with Crippen molar-refractivity contribution in [1.82, 2.24) is 0 Å². The van der Waals surface area contributed by atoms with Crippen molar-refractivity contribution < 1.29 is 117 Å². The van der Waals surface area contributed by atoms with Gasteiger partial charge in [0, 0.05) is 81.3 Å². The normalized spacial score (nSPS) is 38.4. The van der Waals surface area contributed by atoms with E-state index < -0.39 is 151 Å². The molecule has 6 unspecified atom stereocenters. The number of carbonyl (C=O) groups excluding carboxylic acids is 4. The second-order valence-corrected chi connectivity index (χ2v) is 25.1. The first-order chi connectivity index (χ1) is 41.0. The quantitative estimate of drug-likeness (QED) is 0.0442. The van der Waals surface area contributed by atoms with Crippen molar-refractivity contribution in [2.24, 2.45) is 23.7 Å². The van der Waals surface area contributed by atoms with Crippen LogP contribution in [0.5, 0.6) is 17.2 Å². The molecule has 0 saturated carbocycles. The standard InChI is InChI=1S/C63H92O24/c1-14-76-45(65)17-15-16-18-46(66)77-36(11)57(70)60(73)61(75-13)39-20-37-19-38-21-41(83-48-23-42(28(3)32(7)79-48)84-47-22-40(64)27(2)31(6)78-47)29(4)54(67)52(38)58(71)53(37)59(72)62(39)87-50-25-43(55(68)35(10)82-50)85-49-24-44(56(69)34(9)81-49)86-51-26-63(12,74)30(5)33(8)80-51/h14,19,21,27-28,30-36,39-40,42-44,47-51,55-57,61-62,64,67-71,74H,1,15-18,20,22-26H2,2-13H3/t27-,28-,30-,31?,32?,33?,34?,35?,36+,39-,40+,42+,43+,44+,47?,48-,49-,50-,51-,55+,56+,57-,61-,62-,63+/m0/s1. The van der Waals surface area contributed by atoms with E-state index in [2.05, 4.69) is 6.58 Å². The molecule has 5 fully saturated rings. The van der Waals surface area contributed by atoms with Crippen molar-refractivity contribution in [3.8, 4) is 17.2 Å². The van der Waals surface area contributed by atoms with Crippen LogP contribution in [0.15, 0.2) is 25.0 Å². The summed E-state index contributed by atoms with van der Waals surface area (Å²) in [6, 6.07) is 3.16. The summed E-state index contributed by atoms with van der Waals surface area (Å²) in [5.41, 5.74) is -0.940. The number of hydrogen-bond acceptors (Lipinski definition) is 24. The van der Waals surface area contributed by atoms with E-state index in [1.54, 1.807) is 39.8 Å². The minimum Gasteiger partial charge on any atom is -0.507 e. The molecule has 0 radical (unpaired) electrons.